The summed E-state index contributed by atoms with van der Waals surface area (Å²) in [5.41, 5.74) is 1.28. The Kier molecular flexibility index (Phi) is 6.03. The molecule has 2 aromatic carbocycles. The molecular weight excluding hydrogens is 412 g/mol. The van der Waals surface area contributed by atoms with Crippen molar-refractivity contribution in [3.63, 3.8) is 0 Å². The van der Waals surface area contributed by atoms with E-state index in [2.05, 4.69) is 31.9 Å². The van der Waals surface area contributed by atoms with Gasteiger partial charge in [0.2, 0.25) is 0 Å². The molecule has 0 heterocycles. The van der Waals surface area contributed by atoms with E-state index in [1.807, 2.05) is 32.0 Å². The molecule has 0 aliphatic heterocycles. The second-order valence-corrected chi connectivity index (χ2v) is 6.54. The summed E-state index contributed by atoms with van der Waals surface area (Å²) in [7, 11) is 0. The number of para-hydroxylation sites is 1. The van der Waals surface area contributed by atoms with Gasteiger partial charge in [0.25, 0.3) is 0 Å². The van der Waals surface area contributed by atoms with Crippen LogP contribution in [0.15, 0.2) is 45.3 Å². The maximum atomic E-state index is 12.5. The van der Waals surface area contributed by atoms with E-state index in [9.17, 15) is 4.79 Å². The van der Waals surface area contributed by atoms with E-state index in [1.165, 1.54) is 0 Å². The molecule has 0 bridgehead atoms. The minimum absolute atomic E-state index is 0.421. The smallest absolute Gasteiger partial charge is 0.347 e. The van der Waals surface area contributed by atoms with Crippen molar-refractivity contribution in [2.75, 3.05) is 6.61 Å². The molecule has 0 unspecified atom stereocenters. The Hall–Kier alpha value is -1.33. The zero-order valence-electron chi connectivity index (χ0n) is 12.4. The summed E-state index contributed by atoms with van der Waals surface area (Å²) in [6.07, 6.45) is 0.876. The van der Waals surface area contributed by atoms with Gasteiger partial charge in [-0.3, -0.25) is 0 Å². The number of carbonyl (C=O) groups is 1. The zero-order valence-corrected chi connectivity index (χ0v) is 15.5. The van der Waals surface area contributed by atoms with Crippen LogP contribution in [0.25, 0.3) is 0 Å². The highest BCUT2D eigenvalue weighted by atomic mass is 79.9. The van der Waals surface area contributed by atoms with Gasteiger partial charge in [-0.2, -0.15) is 0 Å². The standard InChI is InChI=1S/C17H16Br2O3/c1-3-8-21-15-7-5-4-6-13(15)17(20)22-16-11(2)9-12(18)10-14(16)19/h4-7,9-10H,3,8H2,1-2H3. The van der Waals surface area contributed by atoms with Crippen LogP contribution < -0.4 is 9.47 Å². The minimum Gasteiger partial charge on any atom is -0.493 e. The van der Waals surface area contributed by atoms with E-state index < -0.39 is 5.97 Å². The van der Waals surface area contributed by atoms with Crippen LogP contribution in [0.5, 0.6) is 11.5 Å². The molecule has 0 spiro atoms. The third-order valence-corrected chi connectivity index (χ3v) is 4.00. The Balaban J connectivity index is 2.27. The summed E-state index contributed by atoms with van der Waals surface area (Å²) in [4.78, 5) is 12.5. The number of ether oxygens (including phenoxy) is 2. The van der Waals surface area contributed by atoms with Gasteiger partial charge < -0.3 is 9.47 Å². The molecule has 0 saturated carbocycles. The Morgan fingerprint density at radius 3 is 2.59 bits per heavy atom. The van der Waals surface area contributed by atoms with Crippen molar-refractivity contribution in [1.82, 2.24) is 0 Å². The maximum absolute atomic E-state index is 12.5. The molecule has 0 atom stereocenters. The van der Waals surface area contributed by atoms with Gasteiger partial charge in [-0.15, -0.1) is 0 Å². The molecule has 3 nitrogen and oxygen atoms in total. The second-order valence-electron chi connectivity index (χ2n) is 4.77. The summed E-state index contributed by atoms with van der Waals surface area (Å²) in [5.74, 6) is 0.622. The molecule has 0 aromatic heterocycles. The topological polar surface area (TPSA) is 35.5 Å². The highest BCUT2D eigenvalue weighted by molar-refractivity contribution is 9.11. The van der Waals surface area contributed by atoms with Gasteiger partial charge in [0.05, 0.1) is 11.1 Å². The minimum atomic E-state index is -0.433. The molecule has 116 valence electrons. The maximum Gasteiger partial charge on any atom is 0.347 e. The lowest BCUT2D eigenvalue weighted by molar-refractivity contribution is 0.0727. The lowest BCUT2D eigenvalue weighted by Gasteiger charge is -2.13. The fraction of sp³-hybridized carbons (Fsp3) is 0.235. The second kappa shape index (κ2) is 7.79. The van der Waals surface area contributed by atoms with Gasteiger partial charge in [0.15, 0.2) is 0 Å². The Morgan fingerprint density at radius 1 is 1.18 bits per heavy atom. The van der Waals surface area contributed by atoms with Gasteiger partial charge in [-0.1, -0.05) is 35.0 Å². The van der Waals surface area contributed by atoms with E-state index >= 15 is 0 Å². The van der Waals surface area contributed by atoms with Gasteiger partial charge >= 0.3 is 5.97 Å². The molecule has 0 aliphatic carbocycles. The van der Waals surface area contributed by atoms with Crippen molar-refractivity contribution in [3.8, 4) is 11.5 Å². The lowest BCUT2D eigenvalue weighted by atomic mass is 10.2. The van der Waals surface area contributed by atoms with Crippen LogP contribution in [-0.2, 0) is 0 Å². The number of carbonyl (C=O) groups excluding carboxylic acids is 1. The van der Waals surface area contributed by atoms with Crippen molar-refractivity contribution < 1.29 is 14.3 Å². The van der Waals surface area contributed by atoms with Crippen molar-refractivity contribution in [2.24, 2.45) is 0 Å². The predicted octanol–water partition coefficient (Wildman–Crippen LogP) is 5.53. The number of rotatable bonds is 5. The Morgan fingerprint density at radius 2 is 1.91 bits per heavy atom. The van der Waals surface area contributed by atoms with Crippen molar-refractivity contribution in [3.05, 3.63) is 56.5 Å². The summed E-state index contributed by atoms with van der Waals surface area (Å²) in [6.45, 7) is 4.46. The number of aryl methyl sites for hydroxylation is 1. The predicted molar refractivity (Wildman–Crippen MR) is 93.8 cm³/mol. The first-order valence-electron chi connectivity index (χ1n) is 6.92. The Bertz CT molecular complexity index is 660. The molecule has 0 fully saturated rings. The molecule has 0 radical (unpaired) electrons. The monoisotopic (exact) mass is 426 g/mol. The average molecular weight is 428 g/mol. The molecule has 0 saturated heterocycles. The van der Waals surface area contributed by atoms with Gasteiger partial charge in [0.1, 0.15) is 17.1 Å². The fourth-order valence-electron chi connectivity index (χ4n) is 1.94. The van der Waals surface area contributed by atoms with Crippen LogP contribution >= 0.6 is 31.9 Å². The summed E-state index contributed by atoms with van der Waals surface area (Å²) in [6, 6.07) is 10.8. The molecular formula is C17H16Br2O3. The average Bonchev–Trinajstić information content (AvgIpc) is 2.48. The molecule has 2 rings (SSSR count). The van der Waals surface area contributed by atoms with Crippen LogP contribution in [-0.4, -0.2) is 12.6 Å². The summed E-state index contributed by atoms with van der Waals surface area (Å²) in [5, 5.41) is 0. The van der Waals surface area contributed by atoms with E-state index in [1.54, 1.807) is 18.2 Å². The summed E-state index contributed by atoms with van der Waals surface area (Å²) < 4.78 is 12.8. The zero-order chi connectivity index (χ0) is 16.1. The van der Waals surface area contributed by atoms with Crippen LogP contribution in [0.2, 0.25) is 0 Å². The highest BCUT2D eigenvalue weighted by Crippen LogP contribution is 2.33. The van der Waals surface area contributed by atoms with Crippen molar-refractivity contribution in [1.29, 1.82) is 0 Å². The van der Waals surface area contributed by atoms with Crippen LogP contribution in [0, 0.1) is 6.92 Å². The molecule has 0 aliphatic rings. The SMILES string of the molecule is CCCOc1ccccc1C(=O)Oc1c(C)cc(Br)cc1Br. The first-order valence-corrected chi connectivity index (χ1v) is 8.51. The summed E-state index contributed by atoms with van der Waals surface area (Å²) >= 11 is 6.83. The number of hydrogen-bond acceptors (Lipinski definition) is 3. The van der Waals surface area contributed by atoms with Gasteiger partial charge in [-0.05, 0) is 59.1 Å². The third kappa shape index (κ3) is 4.11. The van der Waals surface area contributed by atoms with Crippen LogP contribution in [0.4, 0.5) is 0 Å². The molecule has 0 N–H and O–H groups in total. The van der Waals surface area contributed by atoms with E-state index in [0.29, 0.717) is 23.7 Å². The number of esters is 1. The molecule has 2 aromatic rings. The highest BCUT2D eigenvalue weighted by Gasteiger charge is 2.17. The lowest BCUT2D eigenvalue weighted by Crippen LogP contribution is -2.12. The van der Waals surface area contributed by atoms with Crippen LogP contribution in [0.3, 0.4) is 0 Å². The molecule has 22 heavy (non-hydrogen) atoms. The fourth-order valence-corrected chi connectivity index (χ4v) is 3.46. The molecule has 0 amide bonds. The van der Waals surface area contributed by atoms with Crippen LogP contribution in [0.1, 0.15) is 29.3 Å². The third-order valence-electron chi connectivity index (χ3n) is 2.96. The number of hydrogen-bond donors (Lipinski definition) is 0. The van der Waals surface area contributed by atoms with Gasteiger partial charge in [0, 0.05) is 4.47 Å². The van der Waals surface area contributed by atoms with E-state index in [-0.39, 0.29) is 0 Å². The van der Waals surface area contributed by atoms with Crippen molar-refractivity contribution in [2.45, 2.75) is 20.3 Å². The largest absolute Gasteiger partial charge is 0.493 e. The Labute approximate surface area is 146 Å². The normalized spacial score (nSPS) is 10.4. The van der Waals surface area contributed by atoms with Gasteiger partial charge in [-0.25, -0.2) is 4.79 Å². The first-order chi connectivity index (χ1) is 10.5. The van der Waals surface area contributed by atoms with E-state index in [0.717, 1.165) is 20.9 Å². The molecule has 5 heteroatoms. The quantitative estimate of drug-likeness (QED) is 0.465. The first kappa shape index (κ1) is 17.0. The number of halogens is 2. The van der Waals surface area contributed by atoms with E-state index in [4.69, 9.17) is 9.47 Å². The number of benzene rings is 2. The van der Waals surface area contributed by atoms with Crippen molar-refractivity contribution >= 4 is 37.8 Å².